The molecule has 2 aromatic rings. The van der Waals surface area contributed by atoms with Crippen LogP contribution < -0.4 is 5.32 Å². The zero-order valence-electron chi connectivity index (χ0n) is 10.2. The number of rotatable bonds is 5. The maximum Gasteiger partial charge on any atom is 0.224 e. The quantitative estimate of drug-likeness (QED) is 0.868. The highest BCUT2D eigenvalue weighted by Crippen LogP contribution is 1.99. The van der Waals surface area contributed by atoms with E-state index in [2.05, 4.69) is 22.4 Å². The van der Waals surface area contributed by atoms with Crippen LogP contribution in [0.3, 0.4) is 0 Å². The third-order valence-electron chi connectivity index (χ3n) is 2.67. The third-order valence-corrected chi connectivity index (χ3v) is 2.67. The zero-order chi connectivity index (χ0) is 12.6. The number of pyridine rings is 1. The van der Waals surface area contributed by atoms with Gasteiger partial charge in [0.05, 0.1) is 6.42 Å². The van der Waals surface area contributed by atoms with Crippen LogP contribution in [0.1, 0.15) is 11.1 Å². The Morgan fingerprint density at radius 1 is 1.06 bits per heavy atom. The lowest BCUT2D eigenvalue weighted by Gasteiger charge is -2.05. The van der Waals surface area contributed by atoms with E-state index in [1.807, 2.05) is 30.3 Å². The second-order valence-electron chi connectivity index (χ2n) is 4.12. The highest BCUT2D eigenvalue weighted by atomic mass is 16.1. The molecule has 1 heterocycles. The van der Waals surface area contributed by atoms with Crippen molar-refractivity contribution in [3.05, 3.63) is 66.0 Å². The van der Waals surface area contributed by atoms with Crippen molar-refractivity contribution in [2.24, 2.45) is 0 Å². The molecule has 92 valence electrons. The number of hydrogen-bond acceptors (Lipinski definition) is 2. The summed E-state index contributed by atoms with van der Waals surface area (Å²) in [5, 5.41) is 2.91. The first-order chi connectivity index (χ1) is 8.84. The second kappa shape index (κ2) is 6.55. The fourth-order valence-electron chi connectivity index (χ4n) is 1.74. The minimum absolute atomic E-state index is 0.0407. The maximum absolute atomic E-state index is 11.7. The number of carbonyl (C=O) groups excluding carboxylic acids is 1. The Morgan fingerprint density at radius 3 is 2.56 bits per heavy atom. The summed E-state index contributed by atoms with van der Waals surface area (Å²) in [6.45, 7) is 0.670. The van der Waals surface area contributed by atoms with E-state index in [1.165, 1.54) is 5.56 Å². The number of benzene rings is 1. The SMILES string of the molecule is O=C(Cc1cccnc1)NCCc1ccccc1. The predicted molar refractivity (Wildman–Crippen MR) is 71.1 cm³/mol. The molecule has 0 bridgehead atoms. The minimum Gasteiger partial charge on any atom is -0.355 e. The van der Waals surface area contributed by atoms with Crippen molar-refractivity contribution < 1.29 is 4.79 Å². The molecule has 1 aromatic carbocycles. The van der Waals surface area contributed by atoms with Crippen molar-refractivity contribution in [2.45, 2.75) is 12.8 Å². The van der Waals surface area contributed by atoms with Gasteiger partial charge in [-0.15, -0.1) is 0 Å². The van der Waals surface area contributed by atoms with Crippen molar-refractivity contribution in [1.82, 2.24) is 10.3 Å². The van der Waals surface area contributed by atoms with Crippen molar-refractivity contribution in [3.63, 3.8) is 0 Å². The number of carbonyl (C=O) groups is 1. The fourth-order valence-corrected chi connectivity index (χ4v) is 1.74. The highest BCUT2D eigenvalue weighted by Gasteiger charge is 2.02. The lowest BCUT2D eigenvalue weighted by Crippen LogP contribution is -2.27. The molecule has 2 rings (SSSR count). The Bertz CT molecular complexity index is 482. The number of amides is 1. The zero-order valence-corrected chi connectivity index (χ0v) is 10.2. The van der Waals surface area contributed by atoms with Crippen LogP contribution >= 0.6 is 0 Å². The van der Waals surface area contributed by atoms with Crippen LogP contribution in [0.4, 0.5) is 0 Å². The van der Waals surface area contributed by atoms with Gasteiger partial charge in [0.15, 0.2) is 0 Å². The van der Waals surface area contributed by atoms with E-state index in [4.69, 9.17) is 0 Å². The first kappa shape index (κ1) is 12.3. The van der Waals surface area contributed by atoms with Crippen LogP contribution in [0, 0.1) is 0 Å². The lowest BCUT2D eigenvalue weighted by molar-refractivity contribution is -0.120. The molecule has 0 aliphatic heterocycles. The highest BCUT2D eigenvalue weighted by molar-refractivity contribution is 5.78. The summed E-state index contributed by atoms with van der Waals surface area (Å²) in [4.78, 5) is 15.6. The van der Waals surface area contributed by atoms with Crippen LogP contribution in [-0.4, -0.2) is 17.4 Å². The topological polar surface area (TPSA) is 42.0 Å². The van der Waals surface area contributed by atoms with E-state index in [9.17, 15) is 4.79 Å². The Morgan fingerprint density at radius 2 is 1.83 bits per heavy atom. The van der Waals surface area contributed by atoms with Crippen LogP contribution in [0.15, 0.2) is 54.9 Å². The van der Waals surface area contributed by atoms with E-state index in [1.54, 1.807) is 12.4 Å². The Balaban J connectivity index is 1.73. The van der Waals surface area contributed by atoms with Gasteiger partial charge in [-0.3, -0.25) is 9.78 Å². The number of nitrogens with zero attached hydrogens (tertiary/aromatic N) is 1. The standard InChI is InChI=1S/C15H16N2O/c18-15(11-14-7-4-9-16-12-14)17-10-8-13-5-2-1-3-6-13/h1-7,9,12H,8,10-11H2,(H,17,18). The number of nitrogens with one attached hydrogen (secondary N) is 1. The van der Waals surface area contributed by atoms with Gasteiger partial charge in [-0.05, 0) is 23.6 Å². The van der Waals surface area contributed by atoms with Gasteiger partial charge < -0.3 is 5.32 Å². The summed E-state index contributed by atoms with van der Waals surface area (Å²) in [7, 11) is 0. The molecule has 3 heteroatoms. The van der Waals surface area contributed by atoms with E-state index >= 15 is 0 Å². The molecule has 0 aliphatic carbocycles. The Hall–Kier alpha value is -2.16. The van der Waals surface area contributed by atoms with Gasteiger partial charge in [-0.25, -0.2) is 0 Å². The largest absolute Gasteiger partial charge is 0.355 e. The van der Waals surface area contributed by atoms with Gasteiger partial charge in [0.2, 0.25) is 5.91 Å². The van der Waals surface area contributed by atoms with Crippen LogP contribution in [0.2, 0.25) is 0 Å². The molecule has 0 unspecified atom stereocenters. The molecule has 3 nitrogen and oxygen atoms in total. The molecule has 0 fully saturated rings. The monoisotopic (exact) mass is 240 g/mol. The average Bonchev–Trinajstić information content (AvgIpc) is 2.41. The van der Waals surface area contributed by atoms with Gasteiger partial charge in [-0.1, -0.05) is 36.4 Å². The number of aromatic nitrogens is 1. The Kier molecular flexibility index (Phi) is 4.47. The average molecular weight is 240 g/mol. The molecule has 0 radical (unpaired) electrons. The molecule has 1 amide bonds. The van der Waals surface area contributed by atoms with Crippen LogP contribution in [0.5, 0.6) is 0 Å². The molecular formula is C15H16N2O. The molecule has 18 heavy (non-hydrogen) atoms. The smallest absolute Gasteiger partial charge is 0.224 e. The minimum atomic E-state index is 0.0407. The second-order valence-corrected chi connectivity index (χ2v) is 4.12. The first-order valence-electron chi connectivity index (χ1n) is 6.04. The molecule has 1 aromatic heterocycles. The molecule has 0 spiro atoms. The molecule has 0 saturated heterocycles. The van der Waals surface area contributed by atoms with Gasteiger partial charge in [0.25, 0.3) is 0 Å². The van der Waals surface area contributed by atoms with Crippen molar-refractivity contribution in [1.29, 1.82) is 0 Å². The van der Waals surface area contributed by atoms with Crippen molar-refractivity contribution in [2.75, 3.05) is 6.54 Å². The molecule has 0 aliphatic rings. The van der Waals surface area contributed by atoms with Crippen LogP contribution in [-0.2, 0) is 17.6 Å². The van der Waals surface area contributed by atoms with Gasteiger partial charge in [0, 0.05) is 18.9 Å². The summed E-state index contributed by atoms with van der Waals surface area (Å²) in [6.07, 6.45) is 4.68. The predicted octanol–water partition coefficient (Wildman–Crippen LogP) is 1.98. The van der Waals surface area contributed by atoms with Crippen molar-refractivity contribution in [3.8, 4) is 0 Å². The van der Waals surface area contributed by atoms with E-state index < -0.39 is 0 Å². The summed E-state index contributed by atoms with van der Waals surface area (Å²) >= 11 is 0. The number of hydrogen-bond donors (Lipinski definition) is 1. The molecule has 1 N–H and O–H groups in total. The molecular weight excluding hydrogens is 224 g/mol. The van der Waals surface area contributed by atoms with Crippen LogP contribution in [0.25, 0.3) is 0 Å². The van der Waals surface area contributed by atoms with E-state index in [0.29, 0.717) is 13.0 Å². The fraction of sp³-hybridized carbons (Fsp3) is 0.200. The van der Waals surface area contributed by atoms with E-state index in [0.717, 1.165) is 12.0 Å². The normalized spacial score (nSPS) is 10.0. The van der Waals surface area contributed by atoms with Gasteiger partial charge >= 0.3 is 0 Å². The summed E-state index contributed by atoms with van der Waals surface area (Å²) in [5.74, 6) is 0.0407. The Labute approximate surface area is 107 Å². The molecule has 0 atom stereocenters. The van der Waals surface area contributed by atoms with Gasteiger partial charge in [0.1, 0.15) is 0 Å². The first-order valence-corrected chi connectivity index (χ1v) is 6.04. The summed E-state index contributed by atoms with van der Waals surface area (Å²) in [5.41, 5.74) is 2.17. The molecule has 0 saturated carbocycles. The van der Waals surface area contributed by atoms with Gasteiger partial charge in [-0.2, -0.15) is 0 Å². The third kappa shape index (κ3) is 4.01. The van der Waals surface area contributed by atoms with E-state index in [-0.39, 0.29) is 5.91 Å². The van der Waals surface area contributed by atoms with Crippen molar-refractivity contribution >= 4 is 5.91 Å². The summed E-state index contributed by atoms with van der Waals surface area (Å²) in [6, 6.07) is 13.9. The summed E-state index contributed by atoms with van der Waals surface area (Å²) < 4.78 is 0. The lowest BCUT2D eigenvalue weighted by atomic mass is 10.1. The maximum atomic E-state index is 11.7.